The van der Waals surface area contributed by atoms with Gasteiger partial charge in [-0.15, -0.1) is 0 Å². The lowest BCUT2D eigenvalue weighted by Crippen LogP contribution is -2.20. The summed E-state index contributed by atoms with van der Waals surface area (Å²) in [6.07, 6.45) is 5.12. The molecule has 0 aliphatic carbocycles. The Morgan fingerprint density at radius 2 is 2.28 bits per heavy atom. The Morgan fingerprint density at radius 3 is 2.89 bits per heavy atom. The standard InChI is InChI=1S/C13H22N4S/c1-13(2,3)5-11-8-15-12(18-11)14-6-10-7-16-17(4)9-10/h7,9,11H,5-6,8H2,1-4H3,(H,14,15). The van der Waals surface area contributed by atoms with E-state index in [2.05, 4.69) is 36.2 Å². The molecule has 1 aliphatic rings. The summed E-state index contributed by atoms with van der Waals surface area (Å²) in [6, 6.07) is 0. The first-order chi connectivity index (χ1) is 8.42. The van der Waals surface area contributed by atoms with Gasteiger partial charge in [-0.05, 0) is 11.8 Å². The van der Waals surface area contributed by atoms with Crippen molar-refractivity contribution in [1.29, 1.82) is 0 Å². The molecular weight excluding hydrogens is 244 g/mol. The third kappa shape index (κ3) is 4.05. The molecule has 1 aliphatic heterocycles. The van der Waals surface area contributed by atoms with Gasteiger partial charge in [-0.1, -0.05) is 32.5 Å². The maximum Gasteiger partial charge on any atom is 0.157 e. The molecule has 5 heteroatoms. The van der Waals surface area contributed by atoms with E-state index in [-0.39, 0.29) is 0 Å². The van der Waals surface area contributed by atoms with E-state index in [0.29, 0.717) is 10.7 Å². The van der Waals surface area contributed by atoms with Crippen LogP contribution >= 0.6 is 11.8 Å². The predicted octanol–water partition coefficient (Wildman–Crippen LogP) is 2.42. The minimum Gasteiger partial charge on any atom is -0.361 e. The highest BCUT2D eigenvalue weighted by Crippen LogP contribution is 2.31. The van der Waals surface area contributed by atoms with Crippen LogP contribution in [-0.2, 0) is 13.6 Å². The van der Waals surface area contributed by atoms with Gasteiger partial charge in [0.1, 0.15) is 0 Å². The predicted molar refractivity (Wildman–Crippen MR) is 77.8 cm³/mol. The van der Waals surface area contributed by atoms with Gasteiger partial charge in [-0.3, -0.25) is 9.67 Å². The lowest BCUT2D eigenvalue weighted by molar-refractivity contribution is 0.375. The number of rotatable bonds is 3. The zero-order valence-corrected chi connectivity index (χ0v) is 12.4. The Hall–Kier alpha value is -0.970. The van der Waals surface area contributed by atoms with Crippen molar-refractivity contribution in [2.45, 2.75) is 39.0 Å². The summed E-state index contributed by atoms with van der Waals surface area (Å²) in [7, 11) is 1.94. The topological polar surface area (TPSA) is 42.2 Å². The van der Waals surface area contributed by atoms with Gasteiger partial charge in [-0.25, -0.2) is 0 Å². The van der Waals surface area contributed by atoms with Crippen LogP contribution in [0, 0.1) is 5.41 Å². The molecule has 0 spiro atoms. The number of hydrogen-bond acceptors (Lipinski definition) is 4. The van der Waals surface area contributed by atoms with E-state index in [1.165, 1.54) is 12.0 Å². The molecule has 1 atom stereocenters. The summed E-state index contributed by atoms with van der Waals surface area (Å²) in [5.41, 5.74) is 1.58. The SMILES string of the molecule is Cn1cc(CNC2=NCC(CC(C)(C)C)S2)cn1. The minimum absolute atomic E-state index is 0.381. The quantitative estimate of drug-likeness (QED) is 0.913. The summed E-state index contributed by atoms with van der Waals surface area (Å²) in [5, 5.41) is 9.25. The molecule has 1 aromatic rings. The Kier molecular flexibility index (Phi) is 4.00. The highest BCUT2D eigenvalue weighted by molar-refractivity contribution is 8.14. The van der Waals surface area contributed by atoms with Crippen LogP contribution in [0.1, 0.15) is 32.8 Å². The maximum atomic E-state index is 4.56. The molecule has 0 fully saturated rings. The molecule has 2 rings (SSSR count). The average molecular weight is 266 g/mol. The molecule has 0 radical (unpaired) electrons. The third-order valence-electron chi connectivity index (χ3n) is 2.76. The third-order valence-corrected chi connectivity index (χ3v) is 3.90. The van der Waals surface area contributed by atoms with E-state index in [1.807, 2.05) is 35.9 Å². The zero-order chi connectivity index (χ0) is 13.2. The van der Waals surface area contributed by atoms with E-state index in [1.54, 1.807) is 0 Å². The van der Waals surface area contributed by atoms with Crippen LogP contribution < -0.4 is 5.32 Å². The number of nitrogens with one attached hydrogen (secondary N) is 1. The number of aromatic nitrogens is 2. The highest BCUT2D eigenvalue weighted by Gasteiger charge is 2.24. The number of aryl methyl sites for hydroxylation is 1. The van der Waals surface area contributed by atoms with Gasteiger partial charge in [0.25, 0.3) is 0 Å². The van der Waals surface area contributed by atoms with Crippen molar-refractivity contribution >= 4 is 16.9 Å². The molecule has 0 aromatic carbocycles. The molecule has 0 saturated heterocycles. The Bertz CT molecular complexity index is 430. The summed E-state index contributed by atoms with van der Waals surface area (Å²) < 4.78 is 1.82. The fourth-order valence-electron chi connectivity index (χ4n) is 2.04. The van der Waals surface area contributed by atoms with E-state index < -0.39 is 0 Å². The molecule has 100 valence electrons. The van der Waals surface area contributed by atoms with Crippen LogP contribution in [0.4, 0.5) is 0 Å². The van der Waals surface area contributed by atoms with Crippen molar-refractivity contribution in [1.82, 2.24) is 15.1 Å². The molecule has 0 bridgehead atoms. The first kappa shape index (κ1) is 13.5. The zero-order valence-electron chi connectivity index (χ0n) is 11.6. The smallest absolute Gasteiger partial charge is 0.157 e. The van der Waals surface area contributed by atoms with Crippen LogP contribution in [-0.4, -0.2) is 26.7 Å². The average Bonchev–Trinajstić information content (AvgIpc) is 2.82. The minimum atomic E-state index is 0.381. The molecule has 1 aromatic heterocycles. The lowest BCUT2D eigenvalue weighted by atomic mass is 9.90. The fourth-order valence-corrected chi connectivity index (χ4v) is 3.40. The van der Waals surface area contributed by atoms with Crippen molar-refractivity contribution in [2.24, 2.45) is 17.5 Å². The number of hydrogen-bond donors (Lipinski definition) is 1. The number of nitrogens with zero attached hydrogens (tertiary/aromatic N) is 3. The fraction of sp³-hybridized carbons (Fsp3) is 0.692. The van der Waals surface area contributed by atoms with E-state index in [9.17, 15) is 0 Å². The van der Waals surface area contributed by atoms with Crippen LogP contribution in [0.15, 0.2) is 17.4 Å². The number of aliphatic imine (C=N–C) groups is 1. The van der Waals surface area contributed by atoms with Crippen LogP contribution in [0.2, 0.25) is 0 Å². The molecule has 0 saturated carbocycles. The van der Waals surface area contributed by atoms with Crippen LogP contribution in [0.25, 0.3) is 0 Å². The molecular formula is C13H22N4S. The second-order valence-electron chi connectivity index (χ2n) is 6.03. The van der Waals surface area contributed by atoms with Gasteiger partial charge >= 0.3 is 0 Å². The van der Waals surface area contributed by atoms with Gasteiger partial charge in [0, 0.05) is 30.6 Å². The van der Waals surface area contributed by atoms with Gasteiger partial charge in [0.05, 0.1) is 12.7 Å². The van der Waals surface area contributed by atoms with Crippen LogP contribution in [0.5, 0.6) is 0 Å². The van der Waals surface area contributed by atoms with Crippen molar-refractivity contribution in [3.63, 3.8) is 0 Å². The molecule has 4 nitrogen and oxygen atoms in total. The monoisotopic (exact) mass is 266 g/mol. The Balaban J connectivity index is 1.76. The van der Waals surface area contributed by atoms with E-state index in [4.69, 9.17) is 0 Å². The first-order valence-corrected chi connectivity index (χ1v) is 7.23. The molecule has 2 heterocycles. The molecule has 0 amide bonds. The summed E-state index contributed by atoms with van der Waals surface area (Å²) in [4.78, 5) is 4.56. The lowest BCUT2D eigenvalue weighted by Gasteiger charge is -2.21. The Labute approximate surface area is 113 Å². The number of amidine groups is 1. The molecule has 1 unspecified atom stereocenters. The van der Waals surface area contributed by atoms with E-state index >= 15 is 0 Å². The molecule has 18 heavy (non-hydrogen) atoms. The molecule has 1 N–H and O–H groups in total. The van der Waals surface area contributed by atoms with Crippen molar-refractivity contribution < 1.29 is 0 Å². The Morgan fingerprint density at radius 1 is 1.50 bits per heavy atom. The largest absolute Gasteiger partial charge is 0.361 e. The van der Waals surface area contributed by atoms with E-state index in [0.717, 1.165) is 18.3 Å². The summed E-state index contributed by atoms with van der Waals surface area (Å²) in [5.74, 6) is 0. The second kappa shape index (κ2) is 5.34. The van der Waals surface area contributed by atoms with Gasteiger partial charge in [0.2, 0.25) is 0 Å². The highest BCUT2D eigenvalue weighted by atomic mass is 32.2. The van der Waals surface area contributed by atoms with Gasteiger partial charge in [-0.2, -0.15) is 5.10 Å². The number of thioether (sulfide) groups is 1. The van der Waals surface area contributed by atoms with Crippen molar-refractivity contribution in [3.05, 3.63) is 18.0 Å². The summed E-state index contributed by atoms with van der Waals surface area (Å²) >= 11 is 1.88. The van der Waals surface area contributed by atoms with Gasteiger partial charge in [0.15, 0.2) is 5.17 Å². The maximum absolute atomic E-state index is 4.56. The second-order valence-corrected chi connectivity index (χ2v) is 7.32. The summed E-state index contributed by atoms with van der Waals surface area (Å²) in [6.45, 7) is 8.61. The van der Waals surface area contributed by atoms with Crippen molar-refractivity contribution in [3.8, 4) is 0 Å². The normalized spacial score (nSPS) is 20.0. The van der Waals surface area contributed by atoms with Crippen LogP contribution in [0.3, 0.4) is 0 Å². The van der Waals surface area contributed by atoms with Crippen molar-refractivity contribution in [2.75, 3.05) is 6.54 Å². The first-order valence-electron chi connectivity index (χ1n) is 6.35. The van der Waals surface area contributed by atoms with Gasteiger partial charge < -0.3 is 5.32 Å².